The van der Waals surface area contributed by atoms with E-state index in [-0.39, 0.29) is 30.8 Å². The van der Waals surface area contributed by atoms with Gasteiger partial charge in [-0.1, -0.05) is 0 Å². The average molecular weight is 308 g/mol. The van der Waals surface area contributed by atoms with Gasteiger partial charge in [-0.25, -0.2) is 0 Å². The van der Waals surface area contributed by atoms with Crippen LogP contribution in [0.25, 0.3) is 0 Å². The molecular formula is H16Cl3N6Ru. The molecule has 0 aliphatic rings. The molecule has 16 N–H and O–H groups in total. The van der Waals surface area contributed by atoms with E-state index in [9.17, 15) is 0 Å². The monoisotopic (exact) mass is 307 g/mol. The molecule has 0 aromatic carbocycles. The van der Waals surface area contributed by atoms with E-state index in [1.807, 2.05) is 17.3 Å². The molecule has 0 rings (SSSR count). The average Bonchev–Trinajstić information content (AvgIpc) is 1.46. The summed E-state index contributed by atoms with van der Waals surface area (Å²) in [6.45, 7) is 0. The second-order valence-corrected chi connectivity index (χ2v) is 0.643. The van der Waals surface area contributed by atoms with E-state index in [0.717, 1.165) is 0 Å². The Labute approximate surface area is 85.6 Å². The third-order valence-electron chi connectivity index (χ3n) is 0. The third kappa shape index (κ3) is 401. The molecule has 6 nitrogen and oxygen atoms in total. The van der Waals surface area contributed by atoms with Crippen LogP contribution in [-0.4, -0.2) is 0 Å². The molecule has 0 saturated heterocycles. The predicted octanol–water partition coefficient (Wildman–Crippen LogP) is 2.38. The molecule has 10 heteroatoms. The van der Waals surface area contributed by atoms with Crippen molar-refractivity contribution in [2.45, 2.75) is 0 Å². The normalized spacial score (nSPS) is 2.40. The standard InChI is InChI=1S/Cl2HN.ClH.5H3N.Ru/c1-3-2;;;;;;;/h3H;1H;5*1H3;/q;;;;;;;+1/p-1. The zero-order valence-electron chi connectivity index (χ0n) is 5.52. The Hall–Kier alpha value is 1.25. The predicted molar refractivity (Wildman–Crippen MR) is 45.8 cm³/mol. The van der Waals surface area contributed by atoms with Crippen molar-refractivity contribution in [1.82, 2.24) is 35.1 Å². The Balaban J connectivity index is -0.00000000246. The minimum atomic E-state index is 0. The van der Waals surface area contributed by atoms with Crippen molar-refractivity contribution in [3.63, 3.8) is 0 Å². The first-order chi connectivity index (χ1) is 2.41. The molecule has 0 heterocycles. The van der Waals surface area contributed by atoms with Gasteiger partial charge >= 0.3 is 27.0 Å². The van der Waals surface area contributed by atoms with E-state index in [2.05, 4.69) is 33.2 Å². The summed E-state index contributed by atoms with van der Waals surface area (Å²) in [6.07, 6.45) is 0. The first-order valence-corrected chi connectivity index (χ1v) is 3.51. The molecule has 0 unspecified atom stereocenters. The molecule has 75 valence electrons. The fraction of sp³-hybridized carbons (Fsp3) is 0. The van der Waals surface area contributed by atoms with Gasteiger partial charge in [-0.05, 0) is 23.6 Å². The molecule has 10 heavy (non-hydrogen) atoms. The summed E-state index contributed by atoms with van der Waals surface area (Å²) >= 11 is 10.8. The second-order valence-electron chi connectivity index (χ2n) is 0.0714. The van der Waals surface area contributed by atoms with E-state index in [1.165, 1.54) is 0 Å². The Kier molecular flexibility index (Phi) is 1130. The molecule has 0 bridgehead atoms. The zero-order chi connectivity index (χ0) is 4.71. The number of rotatable bonds is 0. The van der Waals surface area contributed by atoms with Gasteiger partial charge in [0, 0.05) is 0 Å². The Morgan fingerprint density at radius 3 is 0.700 bits per heavy atom. The summed E-state index contributed by atoms with van der Waals surface area (Å²) in [5, 5.41) is 0. The molecule has 0 fully saturated rings. The first-order valence-electron chi connectivity index (χ1n) is 0.512. The maximum atomic E-state index is 4.57. The van der Waals surface area contributed by atoms with Crippen molar-refractivity contribution in [2.24, 2.45) is 0 Å². The molecule has 0 aromatic rings. The third-order valence-corrected chi connectivity index (χ3v) is 0. The Bertz CT molecular complexity index is 13.0. The van der Waals surface area contributed by atoms with Crippen LogP contribution in [-0.2, 0) is 17.3 Å². The van der Waals surface area contributed by atoms with Gasteiger partial charge in [0.2, 0.25) is 0 Å². The van der Waals surface area contributed by atoms with Crippen LogP contribution in [0.3, 0.4) is 0 Å². The van der Waals surface area contributed by atoms with Crippen molar-refractivity contribution < 1.29 is 17.3 Å². The van der Waals surface area contributed by atoms with Crippen molar-refractivity contribution in [2.75, 3.05) is 0 Å². The van der Waals surface area contributed by atoms with Gasteiger partial charge < -0.3 is 30.8 Å². The summed E-state index contributed by atoms with van der Waals surface area (Å²) < 4.78 is 1.69. The fourth-order valence-electron chi connectivity index (χ4n) is 0. The molecule has 0 aliphatic heterocycles. The molecule has 0 saturated carbocycles. The molecule has 0 aliphatic carbocycles. The van der Waals surface area contributed by atoms with E-state index in [0.29, 0.717) is 0 Å². The van der Waals surface area contributed by atoms with Gasteiger partial charge in [0.25, 0.3) is 0 Å². The SMILES string of the molecule is ClNCl.N.N.N.N.N.[Cl][Ru]. The van der Waals surface area contributed by atoms with Crippen LogP contribution in [0.4, 0.5) is 0 Å². The number of nitrogens with one attached hydrogen (secondary N) is 1. The topological polar surface area (TPSA) is 187 Å². The van der Waals surface area contributed by atoms with Crippen molar-refractivity contribution >= 4 is 33.2 Å². The van der Waals surface area contributed by atoms with Gasteiger partial charge in [-0.15, -0.1) is 4.35 Å². The van der Waals surface area contributed by atoms with Crippen LogP contribution in [0.2, 0.25) is 0 Å². The summed E-state index contributed by atoms with van der Waals surface area (Å²) in [7, 11) is 4.57. The quantitative estimate of drug-likeness (QED) is 0.294. The fourth-order valence-corrected chi connectivity index (χ4v) is 0. The molecule has 0 spiro atoms. The van der Waals surface area contributed by atoms with Crippen LogP contribution in [0.5, 0.6) is 0 Å². The summed E-state index contributed by atoms with van der Waals surface area (Å²) in [6, 6.07) is 0. The molecule has 0 atom stereocenters. The first kappa shape index (κ1) is 65.4. The van der Waals surface area contributed by atoms with Gasteiger partial charge in [0.05, 0.1) is 0 Å². The number of hydrogen-bond donors (Lipinski definition) is 6. The zero-order valence-corrected chi connectivity index (χ0v) is 9.53. The van der Waals surface area contributed by atoms with Gasteiger partial charge in [0.1, 0.15) is 0 Å². The van der Waals surface area contributed by atoms with Gasteiger partial charge in [0.15, 0.2) is 0 Å². The van der Waals surface area contributed by atoms with Gasteiger partial charge in [-0.2, -0.15) is 0 Å². The van der Waals surface area contributed by atoms with E-state index < -0.39 is 0 Å². The van der Waals surface area contributed by atoms with Crippen LogP contribution in [0.15, 0.2) is 0 Å². The molecule has 0 radical (unpaired) electrons. The van der Waals surface area contributed by atoms with Crippen molar-refractivity contribution in [3.8, 4) is 0 Å². The van der Waals surface area contributed by atoms with Crippen LogP contribution >= 0.6 is 33.2 Å². The van der Waals surface area contributed by atoms with Crippen LogP contribution in [0, 0.1) is 0 Å². The van der Waals surface area contributed by atoms with E-state index in [1.54, 1.807) is 4.35 Å². The summed E-state index contributed by atoms with van der Waals surface area (Å²) in [5.41, 5.74) is 0. The number of hydrogen-bond acceptors (Lipinski definition) is 6. The summed E-state index contributed by atoms with van der Waals surface area (Å²) in [4.78, 5) is 0. The van der Waals surface area contributed by atoms with E-state index in [4.69, 9.17) is 0 Å². The Morgan fingerprint density at radius 1 is 0.700 bits per heavy atom. The van der Waals surface area contributed by atoms with Crippen LogP contribution < -0.4 is 35.1 Å². The van der Waals surface area contributed by atoms with Crippen LogP contribution in [0.1, 0.15) is 0 Å². The molecular weight excluding hydrogens is 291 g/mol. The summed E-state index contributed by atoms with van der Waals surface area (Å²) in [5.74, 6) is 0. The van der Waals surface area contributed by atoms with E-state index >= 15 is 0 Å². The minimum absolute atomic E-state index is 0. The molecule has 0 amide bonds. The second kappa shape index (κ2) is 173. The van der Waals surface area contributed by atoms with Gasteiger partial charge in [-0.3, -0.25) is 0 Å². The molecule has 0 aromatic heterocycles. The maximum absolute atomic E-state index is 4.57. The van der Waals surface area contributed by atoms with Crippen molar-refractivity contribution in [3.05, 3.63) is 0 Å². The number of halogens is 3. The van der Waals surface area contributed by atoms with Crippen molar-refractivity contribution in [1.29, 1.82) is 0 Å². The Morgan fingerprint density at radius 2 is 0.700 bits per heavy atom.